The highest BCUT2D eigenvalue weighted by Gasteiger charge is 1.96. The minimum atomic E-state index is -0.658. The first-order valence-corrected chi connectivity index (χ1v) is 10.1. The first-order valence-electron chi connectivity index (χ1n) is 10.1. The highest BCUT2D eigenvalue weighted by atomic mass is 16.4. The van der Waals surface area contributed by atoms with Gasteiger partial charge in [0.05, 0.1) is 0 Å². The topological polar surface area (TPSA) is 37.3 Å². The number of hydrogen-bond donors (Lipinski definition) is 1. The third-order valence-corrected chi connectivity index (χ3v) is 4.40. The summed E-state index contributed by atoms with van der Waals surface area (Å²) in [5.41, 5.74) is 0. The van der Waals surface area contributed by atoms with Crippen molar-refractivity contribution in [2.24, 2.45) is 0 Å². The van der Waals surface area contributed by atoms with Crippen molar-refractivity contribution in [1.82, 2.24) is 0 Å². The molecule has 0 spiro atoms. The van der Waals surface area contributed by atoms with Crippen molar-refractivity contribution in [3.63, 3.8) is 0 Å². The number of carboxylic acids is 1. The lowest BCUT2D eigenvalue weighted by Gasteiger charge is -2.01. The molecule has 0 aromatic rings. The van der Waals surface area contributed by atoms with Gasteiger partial charge in [0, 0.05) is 6.42 Å². The molecule has 23 heavy (non-hydrogen) atoms. The second-order valence-electron chi connectivity index (χ2n) is 6.79. The van der Waals surface area contributed by atoms with Crippen LogP contribution in [-0.4, -0.2) is 11.1 Å². The second-order valence-corrected chi connectivity index (χ2v) is 6.79. The monoisotopic (exact) mass is 324 g/mol. The van der Waals surface area contributed by atoms with Gasteiger partial charge in [0.15, 0.2) is 0 Å². The number of carbonyl (C=O) groups is 1. The van der Waals surface area contributed by atoms with Crippen LogP contribution in [0.15, 0.2) is 12.2 Å². The zero-order valence-corrected chi connectivity index (χ0v) is 15.5. The predicted octanol–water partition coefficient (Wildman–Crippen LogP) is 7.28. The normalized spacial score (nSPS) is 11.3. The Bertz CT molecular complexity index is 271. The number of allylic oxidation sites excluding steroid dienone is 2. The van der Waals surface area contributed by atoms with Crippen molar-refractivity contribution in [3.05, 3.63) is 12.2 Å². The molecule has 0 aromatic carbocycles. The van der Waals surface area contributed by atoms with Gasteiger partial charge in [-0.3, -0.25) is 4.79 Å². The van der Waals surface area contributed by atoms with E-state index in [4.69, 9.17) is 5.11 Å². The zero-order valence-electron chi connectivity index (χ0n) is 15.5. The van der Waals surface area contributed by atoms with Gasteiger partial charge in [-0.15, -0.1) is 0 Å². The van der Waals surface area contributed by atoms with E-state index in [9.17, 15) is 4.79 Å². The van der Waals surface area contributed by atoms with E-state index < -0.39 is 5.97 Å². The summed E-state index contributed by atoms with van der Waals surface area (Å²) < 4.78 is 0. The van der Waals surface area contributed by atoms with Crippen LogP contribution in [0.2, 0.25) is 0 Å². The minimum Gasteiger partial charge on any atom is -0.481 e. The molecule has 0 aromatic heterocycles. The summed E-state index contributed by atoms with van der Waals surface area (Å²) in [6.45, 7) is 2.27. The molecule has 0 aliphatic heterocycles. The molecule has 0 aliphatic rings. The van der Waals surface area contributed by atoms with Gasteiger partial charge in [0.1, 0.15) is 0 Å². The molecule has 1 N–H and O–H groups in total. The highest BCUT2D eigenvalue weighted by Crippen LogP contribution is 2.11. The van der Waals surface area contributed by atoms with Crippen molar-refractivity contribution in [3.8, 4) is 0 Å². The lowest BCUT2D eigenvalue weighted by molar-refractivity contribution is -0.137. The van der Waals surface area contributed by atoms with Crippen LogP contribution in [0.4, 0.5) is 0 Å². The van der Waals surface area contributed by atoms with Gasteiger partial charge in [-0.25, -0.2) is 0 Å². The van der Waals surface area contributed by atoms with E-state index in [1.54, 1.807) is 0 Å². The lowest BCUT2D eigenvalue weighted by Crippen LogP contribution is -1.93. The van der Waals surface area contributed by atoms with Crippen LogP contribution in [0.3, 0.4) is 0 Å². The van der Waals surface area contributed by atoms with E-state index in [0.29, 0.717) is 6.42 Å². The molecule has 0 amide bonds. The fourth-order valence-electron chi connectivity index (χ4n) is 2.88. The van der Waals surface area contributed by atoms with E-state index in [1.165, 1.54) is 89.9 Å². The SMILES string of the molecule is CCCCCCCC/C=C\CCCCCCCCCCC(=O)O. The standard InChI is InChI=1S/C21H40O2/c1-2-3-4-5-6-7-8-9-10-11-12-13-14-15-16-17-18-19-20-21(22)23/h9-10H,2-8,11-20H2,1H3,(H,22,23)/b10-9-. The molecular weight excluding hydrogens is 284 g/mol. The number of hydrogen-bond acceptors (Lipinski definition) is 1. The van der Waals surface area contributed by atoms with Gasteiger partial charge >= 0.3 is 5.97 Å². The third kappa shape index (κ3) is 21.2. The summed E-state index contributed by atoms with van der Waals surface area (Å²) in [4.78, 5) is 10.4. The molecule has 0 fully saturated rings. The second kappa shape index (κ2) is 19.3. The number of carboxylic acid groups (broad SMARTS) is 1. The first-order chi connectivity index (χ1) is 11.3. The fraction of sp³-hybridized carbons (Fsp3) is 0.857. The lowest BCUT2D eigenvalue weighted by atomic mass is 10.1. The average molecular weight is 325 g/mol. The van der Waals surface area contributed by atoms with Crippen molar-refractivity contribution in [2.75, 3.05) is 0 Å². The Hall–Kier alpha value is -0.790. The largest absolute Gasteiger partial charge is 0.481 e. The summed E-state index contributed by atoms with van der Waals surface area (Å²) >= 11 is 0. The smallest absolute Gasteiger partial charge is 0.303 e. The Morgan fingerprint density at radius 3 is 1.48 bits per heavy atom. The maximum atomic E-state index is 10.4. The van der Waals surface area contributed by atoms with Crippen LogP contribution in [0.1, 0.15) is 116 Å². The van der Waals surface area contributed by atoms with E-state index in [-0.39, 0.29) is 0 Å². The Kier molecular flexibility index (Phi) is 18.6. The summed E-state index contributed by atoms with van der Waals surface area (Å²) in [5, 5.41) is 8.54. The molecule has 0 unspecified atom stereocenters. The van der Waals surface area contributed by atoms with Gasteiger partial charge < -0.3 is 5.11 Å². The van der Waals surface area contributed by atoms with Gasteiger partial charge in [0.25, 0.3) is 0 Å². The summed E-state index contributed by atoms with van der Waals surface area (Å²) in [6, 6.07) is 0. The van der Waals surface area contributed by atoms with Gasteiger partial charge in [-0.05, 0) is 32.1 Å². The highest BCUT2D eigenvalue weighted by molar-refractivity contribution is 5.66. The summed E-state index contributed by atoms with van der Waals surface area (Å²) in [6.07, 6.45) is 25.6. The van der Waals surface area contributed by atoms with Gasteiger partial charge in [0.2, 0.25) is 0 Å². The molecule has 136 valence electrons. The van der Waals surface area contributed by atoms with Crippen molar-refractivity contribution in [1.29, 1.82) is 0 Å². The molecule has 0 radical (unpaired) electrons. The molecule has 0 atom stereocenters. The van der Waals surface area contributed by atoms with Crippen molar-refractivity contribution >= 4 is 5.97 Å². The van der Waals surface area contributed by atoms with Crippen LogP contribution in [0.25, 0.3) is 0 Å². The van der Waals surface area contributed by atoms with Crippen LogP contribution in [0.5, 0.6) is 0 Å². The van der Waals surface area contributed by atoms with Crippen LogP contribution < -0.4 is 0 Å². The molecule has 0 saturated carbocycles. The molecule has 0 heterocycles. The molecule has 0 bridgehead atoms. The molecule has 2 heteroatoms. The Balaban J connectivity index is 3.06. The van der Waals surface area contributed by atoms with Gasteiger partial charge in [-0.1, -0.05) is 89.7 Å². The molecular formula is C21H40O2. The summed E-state index contributed by atoms with van der Waals surface area (Å²) in [7, 11) is 0. The number of unbranched alkanes of at least 4 members (excludes halogenated alkanes) is 14. The minimum absolute atomic E-state index is 0.338. The Labute approximate surface area is 144 Å². The van der Waals surface area contributed by atoms with Crippen LogP contribution >= 0.6 is 0 Å². The maximum absolute atomic E-state index is 10.4. The van der Waals surface area contributed by atoms with Gasteiger partial charge in [-0.2, -0.15) is 0 Å². The van der Waals surface area contributed by atoms with E-state index in [1.807, 2.05) is 0 Å². The van der Waals surface area contributed by atoms with E-state index >= 15 is 0 Å². The zero-order chi connectivity index (χ0) is 17.0. The Morgan fingerprint density at radius 1 is 0.652 bits per heavy atom. The molecule has 0 rings (SSSR count). The van der Waals surface area contributed by atoms with Crippen LogP contribution in [0, 0.1) is 0 Å². The fourth-order valence-corrected chi connectivity index (χ4v) is 2.88. The molecule has 2 nitrogen and oxygen atoms in total. The molecule has 0 saturated heterocycles. The van der Waals surface area contributed by atoms with E-state index in [2.05, 4.69) is 19.1 Å². The Morgan fingerprint density at radius 2 is 1.04 bits per heavy atom. The third-order valence-electron chi connectivity index (χ3n) is 4.40. The number of rotatable bonds is 18. The summed E-state index contributed by atoms with van der Waals surface area (Å²) in [5.74, 6) is -0.658. The van der Waals surface area contributed by atoms with Crippen molar-refractivity contribution < 1.29 is 9.90 Å². The number of aliphatic carboxylic acids is 1. The average Bonchev–Trinajstić information content (AvgIpc) is 2.53. The van der Waals surface area contributed by atoms with Crippen molar-refractivity contribution in [2.45, 2.75) is 116 Å². The van der Waals surface area contributed by atoms with E-state index in [0.717, 1.165) is 12.8 Å². The predicted molar refractivity (Wildman–Crippen MR) is 101 cm³/mol. The quantitative estimate of drug-likeness (QED) is 0.212. The first kappa shape index (κ1) is 22.2. The maximum Gasteiger partial charge on any atom is 0.303 e. The van der Waals surface area contributed by atoms with Crippen LogP contribution in [-0.2, 0) is 4.79 Å². The molecule has 0 aliphatic carbocycles.